The number of carbonyl (C=O) groups excluding carboxylic acids is 2. The maximum absolute atomic E-state index is 13.4. The van der Waals surface area contributed by atoms with Crippen LogP contribution in [0.2, 0.25) is 0 Å². The Labute approximate surface area is 169 Å². The van der Waals surface area contributed by atoms with Gasteiger partial charge in [0.25, 0.3) is 5.91 Å². The number of piperazine rings is 1. The molecule has 2 aliphatic rings. The van der Waals surface area contributed by atoms with Crippen LogP contribution in [0.3, 0.4) is 0 Å². The summed E-state index contributed by atoms with van der Waals surface area (Å²) in [6.45, 7) is 6.20. The van der Waals surface area contributed by atoms with Gasteiger partial charge in [-0.05, 0) is 33.1 Å². The quantitative estimate of drug-likeness (QED) is 0.781. The van der Waals surface area contributed by atoms with Crippen molar-refractivity contribution in [3.63, 3.8) is 0 Å². The van der Waals surface area contributed by atoms with Gasteiger partial charge in [-0.25, -0.2) is 18.7 Å². The minimum atomic E-state index is -2.58. The van der Waals surface area contributed by atoms with Crippen molar-refractivity contribution in [2.75, 3.05) is 18.4 Å². The van der Waals surface area contributed by atoms with Gasteiger partial charge in [-0.15, -0.1) is 0 Å². The topological polar surface area (TPSA) is 87.2 Å². The lowest BCUT2D eigenvalue weighted by atomic mass is 9.92. The van der Waals surface area contributed by atoms with Crippen LogP contribution in [-0.2, 0) is 11.2 Å². The van der Waals surface area contributed by atoms with Gasteiger partial charge in [-0.1, -0.05) is 13.3 Å². The number of nitrogens with zero attached hydrogens (tertiary/aromatic N) is 3. The Morgan fingerprint density at radius 2 is 2.03 bits per heavy atom. The SMILES string of the molecule is CCCc1nc(C(=O)N2CCNC(=O)C2(C)C)cnc1NC1CCC(F)(F)CC1. The van der Waals surface area contributed by atoms with Crippen LogP contribution < -0.4 is 10.6 Å². The first-order valence-corrected chi connectivity index (χ1v) is 10.2. The number of anilines is 1. The average molecular weight is 409 g/mol. The van der Waals surface area contributed by atoms with Gasteiger partial charge in [0.2, 0.25) is 11.8 Å². The highest BCUT2D eigenvalue weighted by Gasteiger charge is 2.41. The molecule has 0 atom stereocenters. The molecule has 0 spiro atoms. The van der Waals surface area contributed by atoms with Crippen LogP contribution in [0, 0.1) is 0 Å². The van der Waals surface area contributed by atoms with E-state index >= 15 is 0 Å². The van der Waals surface area contributed by atoms with Crippen molar-refractivity contribution in [1.82, 2.24) is 20.2 Å². The maximum atomic E-state index is 13.4. The number of nitrogens with one attached hydrogen (secondary N) is 2. The third-order valence-corrected chi connectivity index (χ3v) is 5.71. The Morgan fingerprint density at radius 3 is 2.69 bits per heavy atom. The number of carbonyl (C=O) groups is 2. The third kappa shape index (κ3) is 4.64. The Bertz CT molecular complexity index is 774. The van der Waals surface area contributed by atoms with E-state index in [1.54, 1.807) is 13.8 Å². The summed E-state index contributed by atoms with van der Waals surface area (Å²) in [7, 11) is 0. The molecule has 29 heavy (non-hydrogen) atoms. The molecule has 1 aromatic rings. The Hall–Kier alpha value is -2.32. The van der Waals surface area contributed by atoms with Crippen LogP contribution in [-0.4, -0.2) is 57.3 Å². The van der Waals surface area contributed by atoms with E-state index in [0.717, 1.165) is 6.42 Å². The van der Waals surface area contributed by atoms with E-state index in [0.29, 0.717) is 43.9 Å². The molecule has 0 unspecified atom stereocenters. The molecule has 0 radical (unpaired) electrons. The summed E-state index contributed by atoms with van der Waals surface area (Å²) in [4.78, 5) is 35.6. The molecule has 2 heterocycles. The van der Waals surface area contributed by atoms with Crippen molar-refractivity contribution >= 4 is 17.6 Å². The smallest absolute Gasteiger partial charge is 0.275 e. The zero-order valence-corrected chi connectivity index (χ0v) is 17.2. The monoisotopic (exact) mass is 409 g/mol. The first-order valence-electron chi connectivity index (χ1n) is 10.2. The lowest BCUT2D eigenvalue weighted by Gasteiger charge is -2.40. The van der Waals surface area contributed by atoms with E-state index in [4.69, 9.17) is 0 Å². The Balaban J connectivity index is 1.78. The van der Waals surface area contributed by atoms with Gasteiger partial charge in [-0.3, -0.25) is 9.59 Å². The molecule has 3 rings (SSSR count). The molecule has 1 aliphatic carbocycles. The summed E-state index contributed by atoms with van der Waals surface area (Å²) in [5.74, 6) is -2.57. The molecule has 2 fully saturated rings. The van der Waals surface area contributed by atoms with Gasteiger partial charge in [0, 0.05) is 32.0 Å². The minimum absolute atomic E-state index is 0.0780. The third-order valence-electron chi connectivity index (χ3n) is 5.71. The van der Waals surface area contributed by atoms with Gasteiger partial charge >= 0.3 is 0 Å². The number of rotatable bonds is 5. The number of amides is 2. The fourth-order valence-electron chi connectivity index (χ4n) is 3.83. The molecule has 9 heteroatoms. The van der Waals surface area contributed by atoms with Gasteiger partial charge in [-0.2, -0.15) is 0 Å². The van der Waals surface area contributed by atoms with Gasteiger partial charge in [0.1, 0.15) is 17.1 Å². The van der Waals surface area contributed by atoms with E-state index in [9.17, 15) is 18.4 Å². The predicted octanol–water partition coefficient (Wildman–Crippen LogP) is 2.77. The van der Waals surface area contributed by atoms with Crippen molar-refractivity contribution in [2.45, 2.75) is 76.8 Å². The number of aromatic nitrogens is 2. The average Bonchev–Trinajstić information content (AvgIpc) is 2.66. The van der Waals surface area contributed by atoms with Crippen molar-refractivity contribution in [3.8, 4) is 0 Å². The number of alkyl halides is 2. The maximum Gasteiger partial charge on any atom is 0.275 e. The molecular formula is C20H29F2N5O2. The second-order valence-corrected chi connectivity index (χ2v) is 8.35. The van der Waals surface area contributed by atoms with Crippen LogP contribution in [0.4, 0.5) is 14.6 Å². The second kappa shape index (κ2) is 8.20. The molecular weight excluding hydrogens is 380 g/mol. The summed E-state index contributed by atoms with van der Waals surface area (Å²) in [6.07, 6.45) is 3.30. The standard InChI is InChI=1S/C20H29F2N5O2/c1-4-5-14-16(25-13-6-8-20(21,22)9-7-13)24-12-15(26-14)17(28)27-11-10-23-18(29)19(27,2)3/h12-13H,4-11H2,1-3H3,(H,23,29)(H,24,25). The predicted molar refractivity (Wildman–Crippen MR) is 105 cm³/mol. The second-order valence-electron chi connectivity index (χ2n) is 8.35. The molecule has 2 N–H and O–H groups in total. The van der Waals surface area contributed by atoms with Crippen LogP contribution in [0.5, 0.6) is 0 Å². The molecule has 1 aliphatic heterocycles. The number of aryl methyl sites for hydroxylation is 1. The summed E-state index contributed by atoms with van der Waals surface area (Å²) < 4.78 is 26.8. The fourth-order valence-corrected chi connectivity index (χ4v) is 3.83. The van der Waals surface area contributed by atoms with Crippen molar-refractivity contribution < 1.29 is 18.4 Å². The van der Waals surface area contributed by atoms with Gasteiger partial charge in [0.15, 0.2) is 0 Å². The number of halogens is 2. The van der Waals surface area contributed by atoms with E-state index in [1.807, 2.05) is 6.92 Å². The van der Waals surface area contributed by atoms with Crippen LogP contribution in [0.25, 0.3) is 0 Å². The van der Waals surface area contributed by atoms with E-state index in [-0.39, 0.29) is 36.4 Å². The van der Waals surface area contributed by atoms with Gasteiger partial charge in [0.05, 0.1) is 11.9 Å². The van der Waals surface area contributed by atoms with E-state index in [2.05, 4.69) is 20.6 Å². The fraction of sp³-hybridized carbons (Fsp3) is 0.700. The molecule has 1 aromatic heterocycles. The zero-order chi connectivity index (χ0) is 21.2. The lowest BCUT2D eigenvalue weighted by Crippen LogP contribution is -2.63. The number of hydrogen-bond acceptors (Lipinski definition) is 5. The van der Waals surface area contributed by atoms with Gasteiger partial charge < -0.3 is 15.5 Å². The molecule has 2 amide bonds. The minimum Gasteiger partial charge on any atom is -0.366 e. The first-order chi connectivity index (χ1) is 13.6. The Kier molecular flexibility index (Phi) is 6.05. The molecule has 0 bridgehead atoms. The van der Waals surface area contributed by atoms with E-state index < -0.39 is 11.5 Å². The zero-order valence-electron chi connectivity index (χ0n) is 17.2. The normalized spacial score (nSPS) is 21.6. The van der Waals surface area contributed by atoms with Crippen LogP contribution in [0.1, 0.15) is 69.1 Å². The molecule has 0 aromatic carbocycles. The molecule has 7 nitrogen and oxygen atoms in total. The van der Waals surface area contributed by atoms with E-state index in [1.165, 1.54) is 11.1 Å². The van der Waals surface area contributed by atoms with Crippen molar-refractivity contribution in [3.05, 3.63) is 17.6 Å². The highest BCUT2D eigenvalue weighted by Crippen LogP contribution is 2.34. The van der Waals surface area contributed by atoms with Crippen molar-refractivity contribution in [2.24, 2.45) is 0 Å². The highest BCUT2D eigenvalue weighted by atomic mass is 19.3. The summed E-state index contributed by atoms with van der Waals surface area (Å²) in [5, 5.41) is 6.01. The largest absolute Gasteiger partial charge is 0.366 e. The summed E-state index contributed by atoms with van der Waals surface area (Å²) in [5.41, 5.74) is -0.126. The van der Waals surface area contributed by atoms with Crippen LogP contribution >= 0.6 is 0 Å². The van der Waals surface area contributed by atoms with Crippen molar-refractivity contribution in [1.29, 1.82) is 0 Å². The van der Waals surface area contributed by atoms with Crippen LogP contribution in [0.15, 0.2) is 6.20 Å². The first kappa shape index (κ1) is 21.4. The molecule has 1 saturated heterocycles. The number of hydrogen-bond donors (Lipinski definition) is 2. The Morgan fingerprint density at radius 1 is 1.34 bits per heavy atom. The molecule has 160 valence electrons. The summed E-state index contributed by atoms with van der Waals surface area (Å²) in [6, 6.07) is -0.0780. The lowest BCUT2D eigenvalue weighted by molar-refractivity contribution is -0.133. The molecule has 1 saturated carbocycles. The highest BCUT2D eigenvalue weighted by molar-refractivity contribution is 5.98. The summed E-state index contributed by atoms with van der Waals surface area (Å²) >= 11 is 0.